The minimum absolute atomic E-state index is 0.122. The van der Waals surface area contributed by atoms with E-state index in [4.69, 9.17) is 0 Å². The van der Waals surface area contributed by atoms with Gasteiger partial charge in [-0.2, -0.15) is 0 Å². The molecule has 0 aromatic heterocycles. The topological polar surface area (TPSA) is 41.1 Å². The molecule has 102 valence electrons. The van der Waals surface area contributed by atoms with Crippen LogP contribution in [-0.4, -0.2) is 24.0 Å². The lowest BCUT2D eigenvalue weighted by Gasteiger charge is -2.21. The zero-order valence-electron chi connectivity index (χ0n) is 12.2. The molecule has 0 atom stereocenters. The molecule has 0 radical (unpaired) electrons. The normalized spacial score (nSPS) is 11.9. The van der Waals surface area contributed by atoms with E-state index < -0.39 is 0 Å². The monoisotopic (exact) mass is 242 g/mol. The zero-order chi connectivity index (χ0) is 13.3. The molecule has 3 nitrogen and oxygen atoms in total. The summed E-state index contributed by atoms with van der Waals surface area (Å²) >= 11 is 0. The molecule has 0 aliphatic carbocycles. The van der Waals surface area contributed by atoms with E-state index in [0.717, 1.165) is 6.54 Å². The first-order valence-corrected chi connectivity index (χ1v) is 6.93. The molecule has 17 heavy (non-hydrogen) atoms. The van der Waals surface area contributed by atoms with Crippen LogP contribution >= 0.6 is 0 Å². The van der Waals surface area contributed by atoms with Gasteiger partial charge in [-0.25, -0.2) is 0 Å². The molecule has 0 bridgehead atoms. The number of amides is 1. The fraction of sp³-hybridized carbons (Fsp3) is 0.929. The van der Waals surface area contributed by atoms with E-state index in [9.17, 15) is 4.79 Å². The van der Waals surface area contributed by atoms with Crippen LogP contribution in [0.3, 0.4) is 0 Å². The second-order valence-corrected chi connectivity index (χ2v) is 5.78. The molecule has 3 heteroatoms. The largest absolute Gasteiger partial charge is 0.351 e. The molecule has 1 amide bonds. The van der Waals surface area contributed by atoms with Gasteiger partial charge in [-0.05, 0) is 33.6 Å². The Balaban J connectivity index is 3.76. The number of hydrogen-bond donors (Lipinski definition) is 2. The van der Waals surface area contributed by atoms with E-state index in [1.165, 1.54) is 25.7 Å². The Morgan fingerprint density at radius 3 is 2.06 bits per heavy atom. The molecule has 0 saturated carbocycles. The van der Waals surface area contributed by atoms with Crippen molar-refractivity contribution in [3.63, 3.8) is 0 Å². The molecule has 0 unspecified atom stereocenters. The first-order chi connectivity index (χ1) is 7.89. The Morgan fingerprint density at radius 1 is 1.12 bits per heavy atom. The van der Waals surface area contributed by atoms with E-state index in [-0.39, 0.29) is 11.4 Å². The first-order valence-electron chi connectivity index (χ1n) is 6.93. The molecule has 0 rings (SSSR count). The Kier molecular flexibility index (Phi) is 8.23. The van der Waals surface area contributed by atoms with Crippen LogP contribution in [0, 0.1) is 0 Å². The SMILES string of the molecule is CCCC(CCC)NCCC(=O)NC(C)(C)C. The van der Waals surface area contributed by atoms with Gasteiger partial charge in [0, 0.05) is 24.5 Å². The minimum Gasteiger partial charge on any atom is -0.351 e. The van der Waals surface area contributed by atoms with E-state index in [1.807, 2.05) is 20.8 Å². The van der Waals surface area contributed by atoms with Crippen LogP contribution in [0.25, 0.3) is 0 Å². The Hall–Kier alpha value is -0.570. The van der Waals surface area contributed by atoms with Crippen molar-refractivity contribution in [2.45, 2.75) is 78.3 Å². The van der Waals surface area contributed by atoms with Crippen molar-refractivity contribution in [3.8, 4) is 0 Å². The van der Waals surface area contributed by atoms with Crippen molar-refractivity contribution < 1.29 is 4.79 Å². The van der Waals surface area contributed by atoms with Crippen molar-refractivity contribution >= 4 is 5.91 Å². The maximum Gasteiger partial charge on any atom is 0.221 e. The smallest absolute Gasteiger partial charge is 0.221 e. The van der Waals surface area contributed by atoms with Gasteiger partial charge < -0.3 is 10.6 Å². The Bertz CT molecular complexity index is 203. The number of rotatable bonds is 8. The van der Waals surface area contributed by atoms with Crippen molar-refractivity contribution in [1.29, 1.82) is 0 Å². The highest BCUT2D eigenvalue weighted by molar-refractivity contribution is 5.76. The molecule has 0 aromatic carbocycles. The third-order valence-corrected chi connectivity index (χ3v) is 2.57. The molecule has 0 aromatic rings. The summed E-state index contributed by atoms with van der Waals surface area (Å²) in [5, 5.41) is 6.46. The van der Waals surface area contributed by atoms with Crippen LogP contribution in [0.5, 0.6) is 0 Å². The van der Waals surface area contributed by atoms with E-state index >= 15 is 0 Å². The van der Waals surface area contributed by atoms with Gasteiger partial charge in [0.15, 0.2) is 0 Å². The maximum absolute atomic E-state index is 11.6. The summed E-state index contributed by atoms with van der Waals surface area (Å²) in [5.41, 5.74) is -0.122. The summed E-state index contributed by atoms with van der Waals surface area (Å²) in [4.78, 5) is 11.6. The molecular weight excluding hydrogens is 212 g/mol. The summed E-state index contributed by atoms with van der Waals surface area (Å²) in [6, 6.07) is 0.576. The molecule has 0 saturated heterocycles. The average molecular weight is 242 g/mol. The third-order valence-electron chi connectivity index (χ3n) is 2.57. The second kappa shape index (κ2) is 8.51. The van der Waals surface area contributed by atoms with Crippen LogP contribution in [0.1, 0.15) is 66.7 Å². The Labute approximate surface area is 107 Å². The molecular formula is C14H30N2O. The molecule has 0 aliphatic rings. The fourth-order valence-corrected chi connectivity index (χ4v) is 1.92. The maximum atomic E-state index is 11.6. The van der Waals surface area contributed by atoms with Crippen molar-refractivity contribution in [2.24, 2.45) is 0 Å². The van der Waals surface area contributed by atoms with E-state index in [1.54, 1.807) is 0 Å². The van der Waals surface area contributed by atoms with Gasteiger partial charge in [0.25, 0.3) is 0 Å². The summed E-state index contributed by atoms with van der Waals surface area (Å²) in [5.74, 6) is 0.136. The van der Waals surface area contributed by atoms with Gasteiger partial charge in [-0.3, -0.25) is 4.79 Å². The molecule has 2 N–H and O–H groups in total. The highest BCUT2D eigenvalue weighted by Gasteiger charge is 2.13. The van der Waals surface area contributed by atoms with Crippen LogP contribution in [0.2, 0.25) is 0 Å². The van der Waals surface area contributed by atoms with Crippen molar-refractivity contribution in [1.82, 2.24) is 10.6 Å². The van der Waals surface area contributed by atoms with Gasteiger partial charge >= 0.3 is 0 Å². The van der Waals surface area contributed by atoms with Crippen LogP contribution in [-0.2, 0) is 4.79 Å². The average Bonchev–Trinajstić information content (AvgIpc) is 2.15. The van der Waals surface area contributed by atoms with E-state index in [0.29, 0.717) is 12.5 Å². The van der Waals surface area contributed by atoms with Crippen LogP contribution in [0.15, 0.2) is 0 Å². The molecule has 0 heterocycles. The predicted molar refractivity (Wildman–Crippen MR) is 74.1 cm³/mol. The second-order valence-electron chi connectivity index (χ2n) is 5.78. The van der Waals surface area contributed by atoms with Gasteiger partial charge in [0.2, 0.25) is 5.91 Å². The summed E-state index contributed by atoms with van der Waals surface area (Å²) in [6.45, 7) is 11.2. The molecule has 0 aliphatic heterocycles. The highest BCUT2D eigenvalue weighted by atomic mass is 16.1. The van der Waals surface area contributed by atoms with Gasteiger partial charge in [-0.1, -0.05) is 26.7 Å². The highest BCUT2D eigenvalue weighted by Crippen LogP contribution is 2.04. The standard InChI is InChI=1S/C14H30N2O/c1-6-8-12(9-7-2)15-11-10-13(17)16-14(3,4)5/h12,15H,6-11H2,1-5H3,(H,16,17). The molecule has 0 fully saturated rings. The summed E-state index contributed by atoms with van der Waals surface area (Å²) in [6.07, 6.45) is 5.38. The Morgan fingerprint density at radius 2 is 1.65 bits per heavy atom. The lowest BCUT2D eigenvalue weighted by molar-refractivity contribution is -0.122. The third kappa shape index (κ3) is 10.3. The number of nitrogens with one attached hydrogen (secondary N) is 2. The van der Waals surface area contributed by atoms with Crippen LogP contribution < -0.4 is 10.6 Å². The van der Waals surface area contributed by atoms with E-state index in [2.05, 4.69) is 24.5 Å². The summed E-state index contributed by atoms with van der Waals surface area (Å²) < 4.78 is 0. The first kappa shape index (κ1) is 16.4. The lowest BCUT2D eigenvalue weighted by Crippen LogP contribution is -2.42. The zero-order valence-corrected chi connectivity index (χ0v) is 12.2. The number of carbonyl (C=O) groups excluding carboxylic acids is 1. The summed E-state index contributed by atoms with van der Waals surface area (Å²) in [7, 11) is 0. The molecule has 0 spiro atoms. The van der Waals surface area contributed by atoms with Gasteiger partial charge in [0.1, 0.15) is 0 Å². The van der Waals surface area contributed by atoms with Crippen molar-refractivity contribution in [2.75, 3.05) is 6.54 Å². The van der Waals surface area contributed by atoms with Gasteiger partial charge in [0.05, 0.1) is 0 Å². The van der Waals surface area contributed by atoms with Crippen LogP contribution in [0.4, 0.5) is 0 Å². The predicted octanol–water partition coefficient (Wildman–Crippen LogP) is 2.85. The number of carbonyl (C=O) groups is 1. The number of hydrogen-bond acceptors (Lipinski definition) is 2. The lowest BCUT2D eigenvalue weighted by atomic mass is 10.1. The van der Waals surface area contributed by atoms with Crippen molar-refractivity contribution in [3.05, 3.63) is 0 Å². The quantitative estimate of drug-likeness (QED) is 0.687. The minimum atomic E-state index is -0.122. The van der Waals surface area contributed by atoms with Gasteiger partial charge in [-0.15, -0.1) is 0 Å². The fourth-order valence-electron chi connectivity index (χ4n) is 1.92.